The zero-order valence-electron chi connectivity index (χ0n) is 37.1. The summed E-state index contributed by atoms with van der Waals surface area (Å²) in [4.78, 5) is 6.54. The Labute approximate surface area is 367 Å². The van der Waals surface area contributed by atoms with E-state index in [2.05, 4.69) is 178 Å². The molecule has 5 aromatic carbocycles. The van der Waals surface area contributed by atoms with Crippen LogP contribution in [0.4, 0.5) is 22.7 Å². The van der Waals surface area contributed by atoms with Crippen molar-refractivity contribution in [3.8, 4) is 22.6 Å². The van der Waals surface area contributed by atoms with Crippen molar-refractivity contribution in [2.75, 3.05) is 28.8 Å². The smallest absolute Gasteiger partial charge is 0.509 e. The van der Waals surface area contributed by atoms with Crippen LogP contribution in [0.5, 0.6) is 11.5 Å². The molecule has 0 atom stereocenters. The maximum absolute atomic E-state index is 6.68. The van der Waals surface area contributed by atoms with E-state index in [0.717, 1.165) is 11.4 Å². The topological polar surface area (TPSA) is 34.6 Å². The summed E-state index contributed by atoms with van der Waals surface area (Å²) in [5.74, 6) is 1.25. The standard InChI is InChI=1S/C52H57N5O.Pt/c1-48(2,3)32-23-37-38-24-33(49(4,5)6)26-42(51(10,11)12)46(38)52(45(37)41(25-32)50(7,8)9)39-22-21-36(58-35-18-15-17-34(27-35)56-29-53-55(14)31-56)28-44(39)57-30-54(13)43-20-16-19-40(52)47(43)57;/h15-26,29-31H,1-14H3;/q-4;+4. The van der Waals surface area contributed by atoms with Crippen LogP contribution in [0.15, 0.2) is 77.9 Å². The molecule has 7 heteroatoms. The van der Waals surface area contributed by atoms with Crippen LogP contribution in [0.3, 0.4) is 0 Å². The number of hydrogen-bond acceptors (Lipinski definition) is 6. The van der Waals surface area contributed by atoms with Crippen molar-refractivity contribution >= 4 is 29.1 Å². The molecule has 0 unspecified atom stereocenters. The number of benzene rings is 5. The molecule has 59 heavy (non-hydrogen) atoms. The summed E-state index contributed by atoms with van der Waals surface area (Å²) >= 11 is 0. The molecule has 5 aromatic rings. The molecule has 9 rings (SSSR count). The third-order valence-corrected chi connectivity index (χ3v) is 12.4. The van der Waals surface area contributed by atoms with Gasteiger partial charge in [-0.3, -0.25) is 0 Å². The molecule has 0 N–H and O–H groups in total. The fourth-order valence-corrected chi connectivity index (χ4v) is 9.49. The Hall–Kier alpha value is -4.54. The van der Waals surface area contributed by atoms with Gasteiger partial charge in [0.05, 0.1) is 6.34 Å². The number of rotatable bonds is 3. The number of hydrazone groups is 1. The van der Waals surface area contributed by atoms with E-state index < -0.39 is 5.41 Å². The largest absolute Gasteiger partial charge is 4.00 e. The van der Waals surface area contributed by atoms with Crippen molar-refractivity contribution in [2.45, 2.75) is 110 Å². The second-order valence-corrected chi connectivity index (χ2v) is 20.8. The molecule has 6 nitrogen and oxygen atoms in total. The first-order valence-electron chi connectivity index (χ1n) is 20.7. The first-order chi connectivity index (χ1) is 27.1. The number of para-hydroxylation sites is 1. The molecule has 1 spiro atoms. The van der Waals surface area contributed by atoms with Gasteiger partial charge in [-0.2, -0.15) is 18.8 Å². The van der Waals surface area contributed by atoms with Gasteiger partial charge in [0.25, 0.3) is 0 Å². The van der Waals surface area contributed by atoms with Crippen LogP contribution >= 0.6 is 0 Å². The molecule has 0 aromatic heterocycles. The third kappa shape index (κ3) is 6.34. The van der Waals surface area contributed by atoms with Gasteiger partial charge in [-0.15, -0.1) is 42.6 Å². The Morgan fingerprint density at radius 3 is 1.75 bits per heavy atom. The van der Waals surface area contributed by atoms with Gasteiger partial charge < -0.3 is 24.4 Å². The van der Waals surface area contributed by atoms with Crippen LogP contribution < -0.4 is 19.4 Å². The third-order valence-electron chi connectivity index (χ3n) is 12.4. The predicted octanol–water partition coefficient (Wildman–Crippen LogP) is 12.5. The first-order valence-corrected chi connectivity index (χ1v) is 20.7. The molecule has 0 fully saturated rings. The molecular weight excluding hydrogens is 906 g/mol. The monoisotopic (exact) mass is 962 g/mol. The van der Waals surface area contributed by atoms with E-state index in [1.165, 1.54) is 67.0 Å². The number of nitrogens with zero attached hydrogens (tertiary/aromatic N) is 5. The first kappa shape index (κ1) is 41.2. The van der Waals surface area contributed by atoms with E-state index in [-0.39, 0.29) is 42.7 Å². The molecule has 0 saturated carbocycles. The Balaban J connectivity index is 0.00000484. The van der Waals surface area contributed by atoms with Gasteiger partial charge in [-0.1, -0.05) is 131 Å². The maximum Gasteiger partial charge on any atom is 4.00 e. The molecule has 1 aliphatic carbocycles. The zero-order valence-corrected chi connectivity index (χ0v) is 39.4. The Morgan fingerprint density at radius 1 is 0.627 bits per heavy atom. The van der Waals surface area contributed by atoms with Gasteiger partial charge in [0.1, 0.15) is 0 Å². The quantitative estimate of drug-likeness (QED) is 0.165. The number of fused-ring (bicyclic) bond motifs is 9. The van der Waals surface area contributed by atoms with Crippen LogP contribution in [0, 0.1) is 25.5 Å². The van der Waals surface area contributed by atoms with E-state index in [1.807, 2.05) is 36.8 Å². The van der Waals surface area contributed by atoms with Crippen molar-refractivity contribution in [1.82, 2.24) is 5.01 Å². The summed E-state index contributed by atoms with van der Waals surface area (Å²) in [6.45, 7) is 32.6. The molecule has 4 aliphatic rings. The maximum atomic E-state index is 6.68. The number of hydrogen-bond donors (Lipinski definition) is 0. The summed E-state index contributed by atoms with van der Waals surface area (Å²) < 4.78 is 6.68. The van der Waals surface area contributed by atoms with E-state index in [4.69, 9.17) is 4.74 Å². The second-order valence-electron chi connectivity index (χ2n) is 20.8. The van der Waals surface area contributed by atoms with Crippen LogP contribution in [0.2, 0.25) is 0 Å². The van der Waals surface area contributed by atoms with Crippen LogP contribution in [0.25, 0.3) is 11.1 Å². The summed E-state index contributed by atoms with van der Waals surface area (Å²) in [6.07, 6.45) is 1.78. The van der Waals surface area contributed by atoms with Crippen molar-refractivity contribution in [3.63, 3.8) is 0 Å². The van der Waals surface area contributed by atoms with Crippen LogP contribution in [0.1, 0.15) is 128 Å². The fraction of sp³-hybridized carbons (Fsp3) is 0.365. The van der Waals surface area contributed by atoms with Crippen molar-refractivity contribution < 1.29 is 25.8 Å². The molecule has 0 amide bonds. The van der Waals surface area contributed by atoms with E-state index in [0.29, 0.717) is 11.5 Å². The predicted molar refractivity (Wildman–Crippen MR) is 241 cm³/mol. The van der Waals surface area contributed by atoms with Crippen molar-refractivity contribution in [2.24, 2.45) is 5.10 Å². The summed E-state index contributed by atoms with van der Waals surface area (Å²) in [5.41, 5.74) is 16.6. The Bertz CT molecular complexity index is 2460. The van der Waals surface area contributed by atoms with Gasteiger partial charge >= 0.3 is 21.1 Å². The fourth-order valence-electron chi connectivity index (χ4n) is 9.49. The zero-order chi connectivity index (χ0) is 41.5. The Morgan fingerprint density at radius 2 is 1.20 bits per heavy atom. The summed E-state index contributed by atoms with van der Waals surface area (Å²) in [7, 11) is 4.06. The second kappa shape index (κ2) is 13.5. The van der Waals surface area contributed by atoms with Crippen LogP contribution in [-0.4, -0.2) is 25.4 Å². The van der Waals surface area contributed by atoms with E-state index in [9.17, 15) is 0 Å². The van der Waals surface area contributed by atoms with Gasteiger partial charge in [0.15, 0.2) is 0 Å². The molecule has 0 radical (unpaired) electrons. The molecular formula is C52H57N5OPt. The molecule has 3 aliphatic heterocycles. The minimum Gasteiger partial charge on any atom is -0.509 e. The average Bonchev–Trinajstić information content (AvgIpc) is 3.81. The van der Waals surface area contributed by atoms with E-state index >= 15 is 0 Å². The average molecular weight is 963 g/mol. The summed E-state index contributed by atoms with van der Waals surface area (Å²) in [5, 5.41) is 6.12. The van der Waals surface area contributed by atoms with Gasteiger partial charge in [0, 0.05) is 28.3 Å². The minimum absolute atomic E-state index is 0. The SMILES string of the molecule is CN1[CH-]N(c2[c-]c(Oc3[c-]c4c(cc3)C3(c5cccc6c5N4[CH-]N6C)c4c(cc(C(C)(C)C)cc4C(C)(C)C)-c4cc(C(C)(C)C)cc(C(C)(C)C)c43)ccc2)C=N1.[Pt+4]. The molecule has 0 saturated heterocycles. The molecule has 0 bridgehead atoms. The van der Waals surface area contributed by atoms with Gasteiger partial charge in [-0.05, 0) is 91.9 Å². The number of ether oxygens (including phenoxy) is 1. The van der Waals surface area contributed by atoms with E-state index in [1.54, 1.807) is 11.3 Å². The molecule has 306 valence electrons. The van der Waals surface area contributed by atoms with Crippen molar-refractivity contribution in [3.05, 3.63) is 143 Å². The van der Waals surface area contributed by atoms with Gasteiger partial charge in [0.2, 0.25) is 0 Å². The Kier molecular flexibility index (Phi) is 9.42. The molecule has 3 heterocycles. The minimum atomic E-state index is -0.642. The van der Waals surface area contributed by atoms with Crippen LogP contribution in [-0.2, 0) is 48.1 Å². The summed E-state index contributed by atoms with van der Waals surface area (Å²) in [6, 6.07) is 34.8. The number of anilines is 4. The van der Waals surface area contributed by atoms with Gasteiger partial charge in [-0.25, -0.2) is 5.10 Å². The normalized spacial score (nSPS) is 16.3. The van der Waals surface area contributed by atoms with Crippen molar-refractivity contribution in [1.29, 1.82) is 0 Å².